The van der Waals surface area contributed by atoms with Gasteiger partial charge in [0.2, 0.25) is 0 Å². The third-order valence-electron chi connectivity index (χ3n) is 5.20. The Kier molecular flexibility index (Phi) is 6.11. The summed E-state index contributed by atoms with van der Waals surface area (Å²) in [7, 11) is 0. The van der Waals surface area contributed by atoms with Crippen molar-refractivity contribution in [2.75, 3.05) is 23.3 Å². The second kappa shape index (κ2) is 9.13. The van der Waals surface area contributed by atoms with Gasteiger partial charge in [-0.15, -0.1) is 0 Å². The molecule has 1 N–H and O–H groups in total. The van der Waals surface area contributed by atoms with Gasteiger partial charge in [-0.05, 0) is 60.5 Å². The molecule has 0 aromatic heterocycles. The highest BCUT2D eigenvalue weighted by Gasteiger charge is 2.27. The summed E-state index contributed by atoms with van der Waals surface area (Å²) in [6, 6.07) is 15.6. The van der Waals surface area contributed by atoms with E-state index in [4.69, 9.17) is 0 Å². The summed E-state index contributed by atoms with van der Waals surface area (Å²) in [5.74, 6) is -3.15. The number of carbonyl (C=O) groups excluding carboxylic acids is 2. The van der Waals surface area contributed by atoms with Crippen LogP contribution in [0.1, 0.15) is 22.3 Å². The van der Waals surface area contributed by atoms with E-state index in [-0.39, 0.29) is 11.8 Å². The zero-order valence-electron chi connectivity index (χ0n) is 17.0. The van der Waals surface area contributed by atoms with Crippen LogP contribution in [-0.4, -0.2) is 29.9 Å². The second-order valence-corrected chi connectivity index (χ2v) is 7.44. The van der Waals surface area contributed by atoms with Crippen LogP contribution in [0.2, 0.25) is 0 Å². The van der Waals surface area contributed by atoms with Gasteiger partial charge in [0.25, 0.3) is 5.91 Å². The molecule has 5 nitrogen and oxygen atoms in total. The monoisotopic (exact) mass is 439 g/mol. The Morgan fingerprint density at radius 3 is 2.28 bits per heavy atom. The number of urea groups is 1. The zero-order chi connectivity index (χ0) is 22.7. The van der Waals surface area contributed by atoms with E-state index >= 15 is 0 Å². The molecular weight excluding hydrogens is 419 g/mol. The fourth-order valence-corrected chi connectivity index (χ4v) is 3.66. The van der Waals surface area contributed by atoms with Gasteiger partial charge in [0.1, 0.15) is 23.0 Å². The van der Waals surface area contributed by atoms with Gasteiger partial charge in [-0.25, -0.2) is 18.0 Å². The fourth-order valence-electron chi connectivity index (χ4n) is 3.66. The largest absolute Gasteiger partial charge is 0.324 e. The summed E-state index contributed by atoms with van der Waals surface area (Å²) in [5.41, 5.74) is 1.01. The molecule has 1 saturated heterocycles. The van der Waals surface area contributed by atoms with E-state index in [9.17, 15) is 22.8 Å². The van der Waals surface area contributed by atoms with Crippen molar-refractivity contribution in [2.45, 2.75) is 13.0 Å². The summed E-state index contributed by atoms with van der Waals surface area (Å²) < 4.78 is 41.1. The van der Waals surface area contributed by atoms with E-state index in [2.05, 4.69) is 5.32 Å². The lowest BCUT2D eigenvalue weighted by Crippen LogP contribution is -2.49. The van der Waals surface area contributed by atoms with Gasteiger partial charge in [0.05, 0.1) is 0 Å². The van der Waals surface area contributed by atoms with Gasteiger partial charge in [0, 0.05) is 31.0 Å². The highest BCUT2D eigenvalue weighted by molar-refractivity contribution is 6.04. The molecule has 0 radical (unpaired) electrons. The lowest BCUT2D eigenvalue weighted by atomic mass is 10.1. The third kappa shape index (κ3) is 4.59. The van der Waals surface area contributed by atoms with Crippen molar-refractivity contribution in [3.63, 3.8) is 0 Å². The van der Waals surface area contributed by atoms with Crippen LogP contribution in [-0.2, 0) is 6.54 Å². The van der Waals surface area contributed by atoms with Gasteiger partial charge < -0.3 is 10.2 Å². The average molecular weight is 439 g/mol. The number of anilines is 2. The van der Waals surface area contributed by atoms with Crippen molar-refractivity contribution < 1.29 is 22.8 Å². The van der Waals surface area contributed by atoms with Crippen molar-refractivity contribution in [1.82, 2.24) is 4.90 Å². The Morgan fingerprint density at radius 2 is 1.59 bits per heavy atom. The SMILES string of the molecule is O=C(Nc1ccc(N2CCCN(Cc3cccc(F)c3)C2=O)cc1)c1c(F)cccc1F. The first-order chi connectivity index (χ1) is 15.4. The van der Waals surface area contributed by atoms with Crippen LogP contribution in [0.15, 0.2) is 66.7 Å². The minimum atomic E-state index is -0.948. The number of nitrogens with one attached hydrogen (secondary N) is 1. The lowest BCUT2D eigenvalue weighted by molar-refractivity contribution is 0.101. The number of amides is 3. The molecule has 0 unspecified atom stereocenters. The molecule has 164 valence electrons. The smallest absolute Gasteiger partial charge is 0.322 e. The number of benzene rings is 3. The van der Waals surface area contributed by atoms with Crippen LogP contribution in [0.25, 0.3) is 0 Å². The van der Waals surface area contributed by atoms with Gasteiger partial charge in [-0.2, -0.15) is 0 Å². The minimum absolute atomic E-state index is 0.203. The molecule has 3 aromatic carbocycles. The van der Waals surface area contributed by atoms with Crippen molar-refractivity contribution >= 4 is 23.3 Å². The van der Waals surface area contributed by atoms with E-state index in [0.717, 1.165) is 18.6 Å². The quantitative estimate of drug-likeness (QED) is 0.595. The average Bonchev–Trinajstić information content (AvgIpc) is 2.76. The zero-order valence-corrected chi connectivity index (χ0v) is 17.0. The first-order valence-corrected chi connectivity index (χ1v) is 10.1. The normalized spacial score (nSPS) is 13.9. The Bertz CT molecular complexity index is 1130. The van der Waals surface area contributed by atoms with Gasteiger partial charge in [-0.3, -0.25) is 9.69 Å². The third-order valence-corrected chi connectivity index (χ3v) is 5.20. The van der Waals surface area contributed by atoms with Crippen LogP contribution in [0.3, 0.4) is 0 Å². The van der Waals surface area contributed by atoms with Crippen LogP contribution < -0.4 is 10.2 Å². The van der Waals surface area contributed by atoms with Crippen LogP contribution in [0.5, 0.6) is 0 Å². The molecule has 1 heterocycles. The maximum Gasteiger partial charge on any atom is 0.324 e. The molecule has 0 spiro atoms. The molecule has 1 fully saturated rings. The number of carbonyl (C=O) groups is 2. The molecule has 1 aliphatic heterocycles. The van der Waals surface area contributed by atoms with Gasteiger partial charge in [0.15, 0.2) is 0 Å². The van der Waals surface area contributed by atoms with E-state index in [1.54, 1.807) is 46.2 Å². The molecule has 1 aliphatic rings. The molecule has 3 amide bonds. The van der Waals surface area contributed by atoms with E-state index in [1.165, 1.54) is 18.2 Å². The maximum atomic E-state index is 13.8. The van der Waals surface area contributed by atoms with Crippen LogP contribution in [0, 0.1) is 17.5 Å². The molecule has 0 saturated carbocycles. The highest BCUT2D eigenvalue weighted by atomic mass is 19.1. The molecule has 4 rings (SSSR count). The number of hydrogen-bond donors (Lipinski definition) is 1. The van der Waals surface area contributed by atoms with E-state index < -0.39 is 23.1 Å². The Labute approximate surface area is 183 Å². The Balaban J connectivity index is 1.45. The predicted octanol–water partition coefficient (Wildman–Crippen LogP) is 5.19. The van der Waals surface area contributed by atoms with E-state index in [0.29, 0.717) is 36.6 Å². The van der Waals surface area contributed by atoms with Crippen LogP contribution >= 0.6 is 0 Å². The fraction of sp³-hybridized carbons (Fsp3) is 0.167. The number of rotatable bonds is 5. The van der Waals surface area contributed by atoms with Crippen molar-refractivity contribution in [1.29, 1.82) is 0 Å². The van der Waals surface area contributed by atoms with Crippen molar-refractivity contribution in [3.05, 3.63) is 95.3 Å². The maximum absolute atomic E-state index is 13.8. The van der Waals surface area contributed by atoms with Crippen molar-refractivity contribution in [2.24, 2.45) is 0 Å². The summed E-state index contributed by atoms with van der Waals surface area (Å²) in [6.45, 7) is 1.38. The highest BCUT2D eigenvalue weighted by Crippen LogP contribution is 2.24. The number of hydrogen-bond acceptors (Lipinski definition) is 2. The predicted molar refractivity (Wildman–Crippen MR) is 115 cm³/mol. The number of halogens is 3. The molecular formula is C24H20F3N3O2. The first-order valence-electron chi connectivity index (χ1n) is 10.1. The van der Waals surface area contributed by atoms with Crippen LogP contribution in [0.4, 0.5) is 29.3 Å². The second-order valence-electron chi connectivity index (χ2n) is 7.44. The summed E-state index contributed by atoms with van der Waals surface area (Å²) in [4.78, 5) is 28.4. The standard InChI is InChI=1S/C24H20F3N3O2/c25-17-5-1-4-16(14-17)15-29-12-3-13-30(24(29)32)19-10-8-18(9-11-19)28-23(31)22-20(26)6-2-7-21(22)27/h1-2,4-11,14H,3,12-13,15H2,(H,28,31). The summed E-state index contributed by atoms with van der Waals surface area (Å²) in [5, 5.41) is 2.46. The number of nitrogens with zero attached hydrogens (tertiary/aromatic N) is 2. The van der Waals surface area contributed by atoms with Gasteiger partial charge in [-0.1, -0.05) is 18.2 Å². The summed E-state index contributed by atoms with van der Waals surface area (Å²) in [6.07, 6.45) is 0.742. The molecule has 8 heteroatoms. The van der Waals surface area contributed by atoms with Gasteiger partial charge >= 0.3 is 6.03 Å². The minimum Gasteiger partial charge on any atom is -0.322 e. The molecule has 32 heavy (non-hydrogen) atoms. The molecule has 0 aliphatic carbocycles. The first kappa shape index (κ1) is 21.4. The molecule has 0 bridgehead atoms. The Morgan fingerprint density at radius 1 is 0.906 bits per heavy atom. The molecule has 3 aromatic rings. The van der Waals surface area contributed by atoms with E-state index in [1.807, 2.05) is 0 Å². The summed E-state index contributed by atoms with van der Waals surface area (Å²) >= 11 is 0. The molecule has 0 atom stereocenters. The topological polar surface area (TPSA) is 52.7 Å². The Hall–Kier alpha value is -3.81. The lowest BCUT2D eigenvalue weighted by Gasteiger charge is -2.35. The van der Waals surface area contributed by atoms with Crippen molar-refractivity contribution in [3.8, 4) is 0 Å².